The smallest absolute Gasteiger partial charge is 0.118 e. The largest absolute Gasteiger partial charge is 0.497 e. The molecule has 118 valence electrons. The molecule has 0 spiro atoms. The number of ether oxygens (including phenoxy) is 1. The second-order valence-corrected chi connectivity index (χ2v) is 8.72. The van der Waals surface area contributed by atoms with Crippen LogP contribution < -0.4 is 10.5 Å². The topological polar surface area (TPSA) is 52.3 Å². The van der Waals surface area contributed by atoms with E-state index in [2.05, 4.69) is 20.8 Å². The van der Waals surface area contributed by atoms with Crippen LogP contribution in [0, 0.1) is 11.3 Å². The molecular weight excluding hydrogens is 282 g/mol. The molecule has 21 heavy (non-hydrogen) atoms. The fraction of sp³-hybridized carbons (Fsp3) is 0.647. The molecule has 0 heterocycles. The highest BCUT2D eigenvalue weighted by molar-refractivity contribution is 7.85. The molecule has 4 atom stereocenters. The Morgan fingerprint density at radius 3 is 2.33 bits per heavy atom. The van der Waals surface area contributed by atoms with Crippen LogP contribution in [0.2, 0.25) is 0 Å². The summed E-state index contributed by atoms with van der Waals surface area (Å²) in [6.07, 6.45) is 3.05. The Kier molecular flexibility index (Phi) is 5.10. The molecule has 0 aliphatic heterocycles. The number of benzene rings is 1. The lowest BCUT2D eigenvalue weighted by atomic mass is 9.71. The Hall–Kier alpha value is -0.870. The third kappa shape index (κ3) is 3.86. The summed E-state index contributed by atoms with van der Waals surface area (Å²) in [5.41, 5.74) is 6.51. The van der Waals surface area contributed by atoms with Crippen molar-refractivity contribution in [3.8, 4) is 5.75 Å². The van der Waals surface area contributed by atoms with Gasteiger partial charge < -0.3 is 10.5 Å². The summed E-state index contributed by atoms with van der Waals surface area (Å²) in [5.74, 6) is 1.38. The maximum Gasteiger partial charge on any atom is 0.118 e. The van der Waals surface area contributed by atoms with Crippen molar-refractivity contribution < 1.29 is 8.95 Å². The first-order chi connectivity index (χ1) is 9.82. The quantitative estimate of drug-likeness (QED) is 0.931. The zero-order valence-electron chi connectivity index (χ0n) is 13.5. The summed E-state index contributed by atoms with van der Waals surface area (Å²) < 4.78 is 18.0. The van der Waals surface area contributed by atoms with Gasteiger partial charge in [-0.3, -0.25) is 4.21 Å². The molecule has 4 heteroatoms. The highest BCUT2D eigenvalue weighted by Crippen LogP contribution is 2.39. The van der Waals surface area contributed by atoms with E-state index in [1.165, 1.54) is 0 Å². The lowest BCUT2D eigenvalue weighted by molar-refractivity contribution is 0.173. The van der Waals surface area contributed by atoms with Crippen molar-refractivity contribution in [3.05, 3.63) is 24.3 Å². The molecule has 3 nitrogen and oxygen atoms in total. The third-order valence-corrected chi connectivity index (χ3v) is 6.46. The number of hydrogen-bond acceptors (Lipinski definition) is 3. The van der Waals surface area contributed by atoms with Gasteiger partial charge >= 0.3 is 0 Å². The molecule has 0 amide bonds. The summed E-state index contributed by atoms with van der Waals surface area (Å²) >= 11 is 0. The molecule has 1 fully saturated rings. The van der Waals surface area contributed by atoms with Crippen LogP contribution in [-0.4, -0.2) is 22.6 Å². The summed E-state index contributed by atoms with van der Waals surface area (Å²) in [6.45, 7) is 6.80. The van der Waals surface area contributed by atoms with E-state index in [9.17, 15) is 4.21 Å². The van der Waals surface area contributed by atoms with Crippen LogP contribution in [0.4, 0.5) is 0 Å². The van der Waals surface area contributed by atoms with Crippen LogP contribution in [0.15, 0.2) is 29.2 Å². The van der Waals surface area contributed by atoms with Gasteiger partial charge in [0.25, 0.3) is 0 Å². The van der Waals surface area contributed by atoms with Crippen LogP contribution in [0.5, 0.6) is 5.75 Å². The van der Waals surface area contributed by atoms with E-state index < -0.39 is 10.8 Å². The highest BCUT2D eigenvalue weighted by atomic mass is 32.2. The third-order valence-electron chi connectivity index (χ3n) is 4.63. The van der Waals surface area contributed by atoms with Gasteiger partial charge in [0.1, 0.15) is 5.75 Å². The van der Waals surface area contributed by atoms with Gasteiger partial charge in [0.2, 0.25) is 0 Å². The second kappa shape index (κ2) is 6.49. The van der Waals surface area contributed by atoms with E-state index in [1.807, 2.05) is 24.3 Å². The van der Waals surface area contributed by atoms with Crippen molar-refractivity contribution in [1.82, 2.24) is 0 Å². The minimum Gasteiger partial charge on any atom is -0.497 e. The first-order valence-corrected chi connectivity index (χ1v) is 8.84. The molecule has 0 bridgehead atoms. The van der Waals surface area contributed by atoms with Gasteiger partial charge in [0.15, 0.2) is 0 Å². The van der Waals surface area contributed by atoms with Crippen LogP contribution in [0.25, 0.3) is 0 Å². The van der Waals surface area contributed by atoms with Crippen LogP contribution >= 0.6 is 0 Å². The van der Waals surface area contributed by atoms with E-state index in [4.69, 9.17) is 10.5 Å². The highest BCUT2D eigenvalue weighted by Gasteiger charge is 2.37. The SMILES string of the molecule is COc1ccc(S(=O)C2CC(C(C)(C)C)CCC2N)cc1. The fourth-order valence-corrected chi connectivity index (χ4v) is 4.68. The molecule has 0 radical (unpaired) electrons. The van der Waals surface area contributed by atoms with Gasteiger partial charge in [-0.05, 0) is 54.9 Å². The maximum absolute atomic E-state index is 12.9. The van der Waals surface area contributed by atoms with Crippen molar-refractivity contribution in [1.29, 1.82) is 0 Å². The Morgan fingerprint density at radius 1 is 1.19 bits per heavy atom. The summed E-state index contributed by atoms with van der Waals surface area (Å²) in [5, 5.41) is 0.0522. The van der Waals surface area contributed by atoms with E-state index in [1.54, 1.807) is 7.11 Å². The molecule has 1 saturated carbocycles. The lowest BCUT2D eigenvalue weighted by Crippen LogP contribution is -2.45. The molecule has 0 saturated heterocycles. The predicted molar refractivity (Wildman–Crippen MR) is 88.0 cm³/mol. The van der Waals surface area contributed by atoms with E-state index in [-0.39, 0.29) is 16.7 Å². The molecule has 2 rings (SSSR count). The molecule has 1 aromatic carbocycles. The maximum atomic E-state index is 12.9. The van der Waals surface area contributed by atoms with E-state index in [0.717, 1.165) is 29.9 Å². The zero-order valence-corrected chi connectivity index (χ0v) is 14.3. The normalized spacial score (nSPS) is 28.1. The Bertz CT molecular complexity index is 493. The Balaban J connectivity index is 2.15. The fourth-order valence-electron chi connectivity index (χ4n) is 3.07. The minimum atomic E-state index is -1.05. The summed E-state index contributed by atoms with van der Waals surface area (Å²) in [6, 6.07) is 7.54. The van der Waals surface area contributed by atoms with Gasteiger partial charge in [-0.2, -0.15) is 0 Å². The molecule has 1 aromatic rings. The molecule has 4 unspecified atom stereocenters. The Labute approximate surface area is 130 Å². The summed E-state index contributed by atoms with van der Waals surface area (Å²) in [7, 11) is 0.590. The van der Waals surface area contributed by atoms with Crippen LogP contribution in [0.1, 0.15) is 40.0 Å². The number of rotatable bonds is 3. The van der Waals surface area contributed by atoms with Gasteiger partial charge in [-0.15, -0.1) is 0 Å². The average molecular weight is 309 g/mol. The molecule has 1 aliphatic rings. The number of hydrogen-bond donors (Lipinski definition) is 1. The minimum absolute atomic E-state index is 0.0338. The van der Waals surface area contributed by atoms with Crippen molar-refractivity contribution in [3.63, 3.8) is 0 Å². The first kappa shape index (κ1) is 16.5. The van der Waals surface area contributed by atoms with Gasteiger partial charge in [-0.1, -0.05) is 20.8 Å². The monoisotopic (exact) mass is 309 g/mol. The number of methoxy groups -OCH3 is 1. The van der Waals surface area contributed by atoms with Crippen molar-refractivity contribution >= 4 is 10.8 Å². The molecule has 0 aromatic heterocycles. The van der Waals surface area contributed by atoms with Crippen molar-refractivity contribution in [2.45, 2.75) is 56.2 Å². The Morgan fingerprint density at radius 2 is 1.81 bits per heavy atom. The van der Waals surface area contributed by atoms with E-state index in [0.29, 0.717) is 5.92 Å². The lowest BCUT2D eigenvalue weighted by Gasteiger charge is -2.40. The zero-order chi connectivity index (χ0) is 15.6. The van der Waals surface area contributed by atoms with Gasteiger partial charge in [0, 0.05) is 10.9 Å². The van der Waals surface area contributed by atoms with Crippen LogP contribution in [0.3, 0.4) is 0 Å². The van der Waals surface area contributed by atoms with Crippen molar-refractivity contribution in [2.24, 2.45) is 17.1 Å². The van der Waals surface area contributed by atoms with Crippen molar-refractivity contribution in [2.75, 3.05) is 7.11 Å². The van der Waals surface area contributed by atoms with Gasteiger partial charge in [-0.25, -0.2) is 0 Å². The molecular formula is C17H27NO2S. The van der Waals surface area contributed by atoms with Crippen LogP contribution in [-0.2, 0) is 10.8 Å². The standard InChI is InChI=1S/C17H27NO2S/c1-17(2,3)12-5-10-15(18)16(11-12)21(19)14-8-6-13(20-4)7-9-14/h6-9,12,15-16H,5,10-11,18H2,1-4H3. The second-order valence-electron chi connectivity index (χ2n) is 7.05. The molecule has 1 aliphatic carbocycles. The first-order valence-electron chi connectivity index (χ1n) is 7.63. The molecule has 2 N–H and O–H groups in total. The number of nitrogens with two attached hydrogens (primary N) is 1. The average Bonchev–Trinajstić information content (AvgIpc) is 2.46. The summed E-state index contributed by atoms with van der Waals surface area (Å²) in [4.78, 5) is 0.853. The van der Waals surface area contributed by atoms with E-state index >= 15 is 0 Å². The van der Waals surface area contributed by atoms with Gasteiger partial charge in [0.05, 0.1) is 23.2 Å². The predicted octanol–water partition coefficient (Wildman–Crippen LogP) is 3.34.